The van der Waals surface area contributed by atoms with Gasteiger partial charge in [-0.15, -0.1) is 0 Å². The van der Waals surface area contributed by atoms with E-state index in [1.165, 1.54) is 6.34 Å². The number of halogens is 3. The van der Waals surface area contributed by atoms with E-state index in [0.717, 1.165) is 13.4 Å². The second kappa shape index (κ2) is 5.09. The number of hydroxylamine groups is 1. The van der Waals surface area contributed by atoms with Crippen LogP contribution < -0.4 is 5.48 Å². The minimum Gasteiger partial charge on any atom is -0.290 e. The maximum absolute atomic E-state index is 8.32. The molecule has 1 aromatic carbocycles. The van der Waals surface area contributed by atoms with E-state index in [9.17, 15) is 0 Å². The number of nitrogens with zero attached hydrogens (tertiary/aromatic N) is 1. The van der Waals surface area contributed by atoms with Gasteiger partial charge in [0.25, 0.3) is 0 Å². The van der Waals surface area contributed by atoms with Gasteiger partial charge in [0.1, 0.15) is 6.34 Å². The second-order valence-electron chi connectivity index (χ2n) is 2.11. The van der Waals surface area contributed by atoms with Crippen LogP contribution in [0.3, 0.4) is 0 Å². The fourth-order valence-electron chi connectivity index (χ4n) is 0.751. The van der Waals surface area contributed by atoms with Crippen molar-refractivity contribution < 1.29 is 5.21 Å². The molecular formula is C7H5Br3N2O. The zero-order valence-corrected chi connectivity index (χ0v) is 11.0. The fraction of sp³-hybridized carbons (Fsp3) is 0. The molecule has 2 N–H and O–H groups in total. The van der Waals surface area contributed by atoms with Gasteiger partial charge in [-0.25, -0.2) is 4.99 Å². The first-order valence-corrected chi connectivity index (χ1v) is 5.59. The van der Waals surface area contributed by atoms with Crippen LogP contribution in [0.1, 0.15) is 0 Å². The average Bonchev–Trinajstić information content (AvgIpc) is 2.02. The molecule has 0 saturated carbocycles. The van der Waals surface area contributed by atoms with Crippen LogP contribution >= 0.6 is 47.8 Å². The van der Waals surface area contributed by atoms with Crippen molar-refractivity contribution in [2.75, 3.05) is 0 Å². The van der Waals surface area contributed by atoms with Crippen molar-refractivity contribution in [3.8, 4) is 0 Å². The molecule has 70 valence electrons. The van der Waals surface area contributed by atoms with Crippen LogP contribution in [0, 0.1) is 0 Å². The molecule has 1 aromatic rings. The van der Waals surface area contributed by atoms with Crippen molar-refractivity contribution in [3.05, 3.63) is 25.6 Å². The van der Waals surface area contributed by atoms with Crippen LogP contribution in [-0.4, -0.2) is 11.5 Å². The Hall–Kier alpha value is 0.0900. The van der Waals surface area contributed by atoms with Gasteiger partial charge in [-0.05, 0) is 44.0 Å². The summed E-state index contributed by atoms with van der Waals surface area (Å²) < 4.78 is 2.61. The first kappa shape index (κ1) is 11.2. The Balaban J connectivity index is 3.13. The lowest BCUT2D eigenvalue weighted by Crippen LogP contribution is -2.01. The summed E-state index contributed by atoms with van der Waals surface area (Å²) in [5, 5.41) is 8.32. The third-order valence-electron chi connectivity index (χ3n) is 1.23. The Morgan fingerprint density at radius 1 is 1.23 bits per heavy atom. The molecule has 13 heavy (non-hydrogen) atoms. The summed E-state index contributed by atoms with van der Waals surface area (Å²) in [6.45, 7) is 0. The van der Waals surface area contributed by atoms with Crippen LogP contribution in [0.2, 0.25) is 0 Å². The van der Waals surface area contributed by atoms with E-state index in [2.05, 4.69) is 52.8 Å². The minimum atomic E-state index is 0.713. The normalized spacial score (nSPS) is 10.8. The van der Waals surface area contributed by atoms with Crippen LogP contribution in [0.5, 0.6) is 0 Å². The first-order valence-electron chi connectivity index (χ1n) is 3.22. The third-order valence-corrected chi connectivity index (χ3v) is 2.90. The summed E-state index contributed by atoms with van der Waals surface area (Å²) in [5.41, 5.74) is 2.55. The van der Waals surface area contributed by atoms with Crippen molar-refractivity contribution in [1.29, 1.82) is 0 Å². The molecule has 0 fully saturated rings. The van der Waals surface area contributed by atoms with Gasteiger partial charge in [-0.1, -0.05) is 15.9 Å². The molecule has 0 amide bonds. The molecule has 1 rings (SSSR count). The zero-order chi connectivity index (χ0) is 9.84. The number of rotatable bonds is 2. The standard InChI is InChI=1S/C7H5Br3N2O/c8-4-1-5(9)7(6(10)2-4)11-3-12-13/h1-3,13H,(H,11,12). The molecule has 0 aliphatic carbocycles. The number of hydrogen-bond acceptors (Lipinski definition) is 2. The summed E-state index contributed by atoms with van der Waals surface area (Å²) in [5.74, 6) is 0. The van der Waals surface area contributed by atoms with E-state index in [1.807, 2.05) is 17.6 Å². The highest BCUT2D eigenvalue weighted by Gasteiger charge is 2.04. The van der Waals surface area contributed by atoms with Gasteiger partial charge >= 0.3 is 0 Å². The Morgan fingerprint density at radius 2 is 1.77 bits per heavy atom. The van der Waals surface area contributed by atoms with Gasteiger partial charge in [-0.2, -0.15) is 0 Å². The topological polar surface area (TPSA) is 44.6 Å². The molecule has 0 aliphatic rings. The molecule has 0 atom stereocenters. The van der Waals surface area contributed by atoms with Crippen molar-refractivity contribution in [2.24, 2.45) is 4.99 Å². The van der Waals surface area contributed by atoms with Gasteiger partial charge in [0.15, 0.2) is 0 Å². The molecule has 0 aliphatic heterocycles. The van der Waals surface area contributed by atoms with Gasteiger partial charge in [0.05, 0.1) is 5.69 Å². The Morgan fingerprint density at radius 3 is 2.23 bits per heavy atom. The SMILES string of the molecule is ONC=Nc1c(Br)cc(Br)cc1Br. The highest BCUT2D eigenvalue weighted by molar-refractivity contribution is 9.11. The molecule has 0 bridgehead atoms. The maximum atomic E-state index is 8.32. The van der Waals surface area contributed by atoms with Gasteiger partial charge in [-0.3, -0.25) is 10.7 Å². The molecule has 0 aromatic heterocycles. The lowest BCUT2D eigenvalue weighted by atomic mass is 10.3. The smallest absolute Gasteiger partial charge is 0.113 e. The second-order valence-corrected chi connectivity index (χ2v) is 4.73. The lowest BCUT2D eigenvalue weighted by Gasteiger charge is -2.02. The maximum Gasteiger partial charge on any atom is 0.113 e. The fourth-order valence-corrected chi connectivity index (χ4v) is 3.21. The molecule has 6 heteroatoms. The van der Waals surface area contributed by atoms with E-state index in [-0.39, 0.29) is 0 Å². The van der Waals surface area contributed by atoms with Crippen LogP contribution in [0.25, 0.3) is 0 Å². The van der Waals surface area contributed by atoms with E-state index >= 15 is 0 Å². The molecule has 0 heterocycles. The predicted octanol–water partition coefficient (Wildman–Crippen LogP) is 3.61. The number of nitrogens with one attached hydrogen (secondary N) is 1. The van der Waals surface area contributed by atoms with E-state index < -0.39 is 0 Å². The third kappa shape index (κ3) is 3.05. The molecule has 0 radical (unpaired) electrons. The Bertz CT molecular complexity index is 318. The number of benzene rings is 1. The van der Waals surface area contributed by atoms with E-state index in [1.54, 1.807) is 0 Å². The number of aliphatic imine (C=N–C) groups is 1. The molecular weight excluding hydrogens is 368 g/mol. The van der Waals surface area contributed by atoms with E-state index in [0.29, 0.717) is 5.69 Å². The highest BCUT2D eigenvalue weighted by atomic mass is 79.9. The van der Waals surface area contributed by atoms with Crippen molar-refractivity contribution in [2.45, 2.75) is 0 Å². The Labute approximate surface area is 101 Å². The molecule has 3 nitrogen and oxygen atoms in total. The van der Waals surface area contributed by atoms with Gasteiger partial charge < -0.3 is 0 Å². The lowest BCUT2D eigenvalue weighted by molar-refractivity contribution is 0.240. The molecule has 0 spiro atoms. The van der Waals surface area contributed by atoms with Crippen molar-refractivity contribution in [1.82, 2.24) is 5.48 Å². The minimum absolute atomic E-state index is 0.713. The quantitative estimate of drug-likeness (QED) is 0.473. The van der Waals surface area contributed by atoms with Crippen LogP contribution in [-0.2, 0) is 0 Å². The first-order chi connectivity index (χ1) is 6.15. The van der Waals surface area contributed by atoms with Gasteiger partial charge in [0, 0.05) is 13.4 Å². The van der Waals surface area contributed by atoms with Crippen LogP contribution in [0.4, 0.5) is 5.69 Å². The van der Waals surface area contributed by atoms with Crippen molar-refractivity contribution in [3.63, 3.8) is 0 Å². The highest BCUT2D eigenvalue weighted by Crippen LogP contribution is 2.36. The zero-order valence-electron chi connectivity index (χ0n) is 6.26. The average molecular weight is 373 g/mol. The summed E-state index contributed by atoms with van der Waals surface area (Å²) in [6, 6.07) is 3.74. The van der Waals surface area contributed by atoms with Crippen LogP contribution in [0.15, 0.2) is 30.5 Å². The summed E-state index contributed by atoms with van der Waals surface area (Å²) in [4.78, 5) is 3.96. The molecule has 0 unspecified atom stereocenters. The largest absolute Gasteiger partial charge is 0.290 e. The summed E-state index contributed by atoms with van der Waals surface area (Å²) >= 11 is 10.0. The van der Waals surface area contributed by atoms with Gasteiger partial charge in [0.2, 0.25) is 0 Å². The Kier molecular flexibility index (Phi) is 4.37. The molecule has 0 saturated heterocycles. The summed E-state index contributed by atoms with van der Waals surface area (Å²) in [6.07, 6.45) is 1.19. The van der Waals surface area contributed by atoms with E-state index in [4.69, 9.17) is 5.21 Å². The van der Waals surface area contributed by atoms with Crippen molar-refractivity contribution >= 4 is 59.8 Å². The monoisotopic (exact) mass is 370 g/mol. The predicted molar refractivity (Wildman–Crippen MR) is 62.6 cm³/mol. The summed E-state index contributed by atoms with van der Waals surface area (Å²) in [7, 11) is 0. The number of hydrogen-bond donors (Lipinski definition) is 2.